The van der Waals surface area contributed by atoms with Crippen molar-refractivity contribution in [2.75, 3.05) is 4.90 Å². The van der Waals surface area contributed by atoms with E-state index in [1.54, 1.807) is 42.1 Å². The normalized spacial score (nSPS) is 14.8. The van der Waals surface area contributed by atoms with Crippen molar-refractivity contribution in [3.8, 4) is 11.5 Å². The minimum atomic E-state index is -0.229. The van der Waals surface area contributed by atoms with Crippen LogP contribution < -0.4 is 9.64 Å². The number of benzene rings is 4. The molecule has 4 nitrogen and oxygen atoms in total. The Morgan fingerprint density at radius 1 is 0.697 bits per heavy atom. The van der Waals surface area contributed by atoms with Gasteiger partial charge < -0.3 is 9.64 Å². The summed E-state index contributed by atoms with van der Waals surface area (Å²) in [7, 11) is 0. The molecule has 4 aromatic carbocycles. The molecule has 0 amide bonds. The maximum Gasteiger partial charge on any atom is 0.197 e. The van der Waals surface area contributed by atoms with Crippen molar-refractivity contribution >= 4 is 46.5 Å². The zero-order valence-corrected chi connectivity index (χ0v) is 18.1. The van der Waals surface area contributed by atoms with Crippen molar-refractivity contribution in [2.24, 2.45) is 0 Å². The summed E-state index contributed by atoms with van der Waals surface area (Å²) >= 11 is 1.66. The molecule has 0 saturated carbocycles. The maximum absolute atomic E-state index is 12.9. The molecule has 0 radical (unpaired) electrons. The quantitative estimate of drug-likeness (QED) is 0.198. The molecule has 0 unspecified atom stereocenters. The Labute approximate surface area is 194 Å². The number of anilines is 3. The van der Waals surface area contributed by atoms with Crippen molar-refractivity contribution in [2.45, 2.75) is 9.79 Å². The summed E-state index contributed by atoms with van der Waals surface area (Å²) in [4.78, 5) is 30.2. The summed E-state index contributed by atoms with van der Waals surface area (Å²) in [5.74, 6) is 1.01. The van der Waals surface area contributed by atoms with E-state index >= 15 is 0 Å². The van der Waals surface area contributed by atoms with Crippen LogP contribution in [0.5, 0.6) is 11.5 Å². The van der Waals surface area contributed by atoms with Gasteiger partial charge in [-0.25, -0.2) is 0 Å². The van der Waals surface area contributed by atoms with Crippen LogP contribution in [0, 0.1) is 0 Å². The Morgan fingerprint density at radius 3 is 2.15 bits per heavy atom. The van der Waals surface area contributed by atoms with Gasteiger partial charge in [0.25, 0.3) is 0 Å². The first-order valence-electron chi connectivity index (χ1n) is 10.6. The molecule has 0 atom stereocenters. The second kappa shape index (κ2) is 6.70. The Kier molecular flexibility index (Phi) is 3.75. The minimum Gasteiger partial charge on any atom is -0.453 e. The summed E-state index contributed by atoms with van der Waals surface area (Å²) < 4.78 is 6.31. The number of carbonyl (C=O) groups excluding carboxylic acids is 2. The topological polar surface area (TPSA) is 46.6 Å². The number of ether oxygens (including phenoxy) is 1. The van der Waals surface area contributed by atoms with Gasteiger partial charge in [-0.05, 0) is 48.0 Å². The van der Waals surface area contributed by atoms with Gasteiger partial charge in [-0.15, -0.1) is 0 Å². The maximum atomic E-state index is 12.9. The third-order valence-electron chi connectivity index (χ3n) is 6.15. The first-order chi connectivity index (χ1) is 16.2. The summed E-state index contributed by atoms with van der Waals surface area (Å²) in [6.45, 7) is 0. The molecule has 5 heteroatoms. The predicted octanol–water partition coefficient (Wildman–Crippen LogP) is 7.19. The van der Waals surface area contributed by atoms with Crippen LogP contribution in [0.15, 0.2) is 100 Å². The summed E-state index contributed by atoms with van der Waals surface area (Å²) in [6.07, 6.45) is 1.69. The number of hydrogen-bond donors (Lipinski definition) is 0. The van der Waals surface area contributed by atoms with Gasteiger partial charge in [0.1, 0.15) is 5.69 Å². The van der Waals surface area contributed by atoms with Crippen molar-refractivity contribution < 1.29 is 14.3 Å². The minimum absolute atomic E-state index is 0.192. The zero-order valence-electron chi connectivity index (χ0n) is 17.2. The number of carbonyl (C=O) groups is 2. The molecule has 0 bridgehead atoms. The molecule has 0 aromatic heterocycles. The average Bonchev–Trinajstić information content (AvgIpc) is 3.08. The lowest BCUT2D eigenvalue weighted by molar-refractivity contribution is 0.0990. The number of hydrogen-bond acceptors (Lipinski definition) is 5. The van der Waals surface area contributed by atoms with Crippen LogP contribution in [-0.2, 0) is 0 Å². The van der Waals surface area contributed by atoms with Crippen molar-refractivity contribution in [1.29, 1.82) is 0 Å². The summed E-state index contributed by atoms with van der Waals surface area (Å²) in [5, 5.41) is 0. The van der Waals surface area contributed by atoms with Crippen LogP contribution in [-0.4, -0.2) is 11.6 Å². The lowest BCUT2D eigenvalue weighted by atomic mass is 10.0. The molecular formula is C28H15NO3S. The van der Waals surface area contributed by atoms with Crippen molar-refractivity contribution in [3.05, 3.63) is 107 Å². The van der Waals surface area contributed by atoms with E-state index in [1.807, 2.05) is 42.5 Å². The molecule has 1 aliphatic carbocycles. The largest absolute Gasteiger partial charge is 0.453 e. The first-order valence-corrected chi connectivity index (χ1v) is 11.4. The molecule has 0 fully saturated rings. The van der Waals surface area contributed by atoms with Gasteiger partial charge in [-0.2, -0.15) is 0 Å². The number of fused-ring (bicyclic) bond motifs is 5. The second-order valence-corrected chi connectivity index (χ2v) is 9.19. The van der Waals surface area contributed by atoms with E-state index < -0.39 is 0 Å². The molecule has 0 spiro atoms. The van der Waals surface area contributed by atoms with E-state index in [2.05, 4.69) is 23.1 Å². The highest BCUT2D eigenvalue weighted by Crippen LogP contribution is 2.60. The highest BCUT2D eigenvalue weighted by Gasteiger charge is 2.35. The Balaban J connectivity index is 1.41. The van der Waals surface area contributed by atoms with Gasteiger partial charge in [0.05, 0.1) is 16.9 Å². The molecular weight excluding hydrogens is 430 g/mol. The van der Waals surface area contributed by atoms with Crippen LogP contribution in [0.4, 0.5) is 17.1 Å². The standard InChI is InChI=1S/C28H15NO3S/c30-27-17-7-1-2-8-18(17)28(31)19(27)13-16-14-23-26-25(15-16)33-24-12-6-4-10-21(24)29(26)20-9-3-5-11-22(20)32-23/h1-15H. The highest BCUT2D eigenvalue weighted by atomic mass is 32.2. The van der Waals surface area contributed by atoms with Gasteiger partial charge in [-0.3, -0.25) is 9.59 Å². The van der Waals surface area contributed by atoms with Gasteiger partial charge in [0.15, 0.2) is 23.1 Å². The second-order valence-electron chi connectivity index (χ2n) is 8.10. The van der Waals surface area contributed by atoms with Crippen LogP contribution in [0.3, 0.4) is 0 Å². The number of rotatable bonds is 1. The van der Waals surface area contributed by atoms with E-state index in [4.69, 9.17) is 4.74 Å². The van der Waals surface area contributed by atoms with E-state index in [0.29, 0.717) is 16.9 Å². The number of Topliss-reactive ketones (excluding diaryl/α,β-unsaturated/α-hetero) is 2. The highest BCUT2D eigenvalue weighted by molar-refractivity contribution is 7.99. The Morgan fingerprint density at radius 2 is 1.36 bits per heavy atom. The molecule has 33 heavy (non-hydrogen) atoms. The van der Waals surface area contributed by atoms with Crippen LogP contribution in [0.1, 0.15) is 26.3 Å². The summed E-state index contributed by atoms with van der Waals surface area (Å²) in [6, 6.07) is 27.2. The number of para-hydroxylation sites is 3. The van der Waals surface area contributed by atoms with Gasteiger partial charge >= 0.3 is 0 Å². The number of ketones is 2. The molecule has 7 rings (SSSR count). The third-order valence-corrected chi connectivity index (χ3v) is 7.25. The van der Waals surface area contributed by atoms with Gasteiger partial charge in [-0.1, -0.05) is 60.3 Å². The molecule has 3 aliphatic rings. The van der Waals surface area contributed by atoms with Gasteiger partial charge in [0, 0.05) is 20.9 Å². The number of allylic oxidation sites excluding steroid dienone is 1. The lowest BCUT2D eigenvalue weighted by Crippen LogP contribution is -2.19. The fourth-order valence-corrected chi connectivity index (χ4v) is 5.83. The molecule has 4 aromatic rings. The molecule has 2 heterocycles. The Hall–Kier alpha value is -4.09. The lowest BCUT2D eigenvalue weighted by Gasteiger charge is -2.38. The third kappa shape index (κ3) is 2.60. The van der Waals surface area contributed by atoms with Crippen LogP contribution in [0.25, 0.3) is 6.08 Å². The summed E-state index contributed by atoms with van der Waals surface area (Å²) in [5.41, 5.74) is 4.96. The van der Waals surface area contributed by atoms with E-state index in [0.717, 1.165) is 38.2 Å². The SMILES string of the molecule is O=C1C(=Cc2cc3c4c(c2)Sc2ccccc2N4c2ccccc2O3)C(=O)c2ccccc21. The monoisotopic (exact) mass is 445 g/mol. The van der Waals surface area contributed by atoms with Crippen molar-refractivity contribution in [1.82, 2.24) is 0 Å². The fourth-order valence-electron chi connectivity index (χ4n) is 4.70. The van der Waals surface area contributed by atoms with E-state index in [-0.39, 0.29) is 17.1 Å². The van der Waals surface area contributed by atoms with Crippen molar-refractivity contribution in [3.63, 3.8) is 0 Å². The Bertz CT molecular complexity index is 1460. The zero-order chi connectivity index (χ0) is 22.1. The molecule has 156 valence electrons. The van der Waals surface area contributed by atoms with Gasteiger partial charge in [0.2, 0.25) is 0 Å². The molecule has 2 aliphatic heterocycles. The fraction of sp³-hybridized carbons (Fsp3) is 0. The predicted molar refractivity (Wildman–Crippen MR) is 128 cm³/mol. The number of nitrogens with zero attached hydrogens (tertiary/aromatic N) is 1. The molecule has 0 N–H and O–H groups in total. The van der Waals surface area contributed by atoms with E-state index in [9.17, 15) is 9.59 Å². The van der Waals surface area contributed by atoms with Crippen LogP contribution in [0.2, 0.25) is 0 Å². The average molecular weight is 445 g/mol. The van der Waals surface area contributed by atoms with E-state index in [1.165, 1.54) is 0 Å². The molecule has 0 saturated heterocycles. The van der Waals surface area contributed by atoms with Crippen LogP contribution >= 0.6 is 11.8 Å². The first kappa shape index (κ1) is 18.5. The smallest absolute Gasteiger partial charge is 0.197 e.